The van der Waals surface area contributed by atoms with Crippen LogP contribution in [0.5, 0.6) is 0 Å². The molecule has 62 valence electrons. The van der Waals surface area contributed by atoms with Crippen LogP contribution in [-0.4, -0.2) is 17.4 Å². The van der Waals surface area contributed by atoms with E-state index < -0.39 is 0 Å². The van der Waals surface area contributed by atoms with Gasteiger partial charge in [0.2, 0.25) is 5.91 Å². The molecular formula is C8H8N2OS. The molecule has 1 N–H and O–H groups in total. The Morgan fingerprint density at radius 1 is 1.83 bits per heavy atom. The van der Waals surface area contributed by atoms with E-state index in [0.29, 0.717) is 6.54 Å². The molecule has 0 saturated carbocycles. The molecule has 0 radical (unpaired) electrons. The number of hydrogen-bond donors (Lipinski definition) is 1. The molecule has 0 saturated heterocycles. The van der Waals surface area contributed by atoms with Crippen LogP contribution in [0.1, 0.15) is 12.6 Å². The van der Waals surface area contributed by atoms with Gasteiger partial charge in [0.1, 0.15) is 5.69 Å². The van der Waals surface area contributed by atoms with Crippen molar-refractivity contribution in [1.29, 1.82) is 0 Å². The van der Waals surface area contributed by atoms with Crippen LogP contribution in [0.3, 0.4) is 0 Å². The molecule has 0 bridgehead atoms. The molecule has 0 aliphatic heterocycles. The summed E-state index contributed by atoms with van der Waals surface area (Å²) in [4.78, 5) is 14.4. The third kappa shape index (κ3) is 3.17. The van der Waals surface area contributed by atoms with Crippen LogP contribution in [0.4, 0.5) is 0 Å². The Kier molecular flexibility index (Phi) is 3.30. The first kappa shape index (κ1) is 8.75. The van der Waals surface area contributed by atoms with Crippen LogP contribution in [0.25, 0.3) is 0 Å². The zero-order valence-corrected chi connectivity index (χ0v) is 7.44. The zero-order valence-electron chi connectivity index (χ0n) is 6.63. The van der Waals surface area contributed by atoms with Gasteiger partial charge in [-0.1, -0.05) is 5.92 Å². The number of thiazole rings is 1. The van der Waals surface area contributed by atoms with E-state index in [2.05, 4.69) is 22.1 Å². The molecule has 12 heavy (non-hydrogen) atoms. The fourth-order valence-electron chi connectivity index (χ4n) is 0.578. The fourth-order valence-corrected chi connectivity index (χ4v) is 1.06. The van der Waals surface area contributed by atoms with Gasteiger partial charge in [0.05, 0.1) is 12.1 Å². The lowest BCUT2D eigenvalue weighted by atomic mass is 10.4. The fraction of sp³-hybridized carbons (Fsp3) is 0.250. The van der Waals surface area contributed by atoms with Crippen molar-refractivity contribution < 1.29 is 4.79 Å². The van der Waals surface area contributed by atoms with Gasteiger partial charge in [-0.2, -0.15) is 0 Å². The maximum atomic E-state index is 10.4. The number of amides is 1. The Bertz CT molecular complexity index is 308. The van der Waals surface area contributed by atoms with E-state index in [1.165, 1.54) is 18.3 Å². The van der Waals surface area contributed by atoms with Crippen LogP contribution in [0.15, 0.2) is 10.9 Å². The van der Waals surface area contributed by atoms with Gasteiger partial charge in [0.25, 0.3) is 0 Å². The van der Waals surface area contributed by atoms with Gasteiger partial charge in [0.15, 0.2) is 0 Å². The first-order chi connectivity index (χ1) is 5.79. The molecule has 0 unspecified atom stereocenters. The predicted octanol–water partition coefficient (Wildman–Crippen LogP) is 0.631. The van der Waals surface area contributed by atoms with Crippen molar-refractivity contribution >= 4 is 17.2 Å². The molecule has 0 aliphatic rings. The van der Waals surface area contributed by atoms with E-state index in [1.54, 1.807) is 5.51 Å². The van der Waals surface area contributed by atoms with E-state index in [-0.39, 0.29) is 5.91 Å². The largest absolute Gasteiger partial charge is 0.345 e. The lowest BCUT2D eigenvalue weighted by molar-refractivity contribution is -0.118. The summed E-state index contributed by atoms with van der Waals surface area (Å²) in [5.74, 6) is 5.53. The number of aromatic nitrogens is 1. The number of carbonyl (C=O) groups is 1. The van der Waals surface area contributed by atoms with E-state index in [9.17, 15) is 4.79 Å². The molecule has 0 aliphatic carbocycles. The predicted molar refractivity (Wildman–Crippen MR) is 47.7 cm³/mol. The molecule has 3 nitrogen and oxygen atoms in total. The Labute approximate surface area is 74.8 Å². The minimum Gasteiger partial charge on any atom is -0.345 e. The quantitative estimate of drug-likeness (QED) is 0.644. The Morgan fingerprint density at radius 2 is 2.67 bits per heavy atom. The van der Waals surface area contributed by atoms with Crippen LogP contribution >= 0.6 is 11.3 Å². The highest BCUT2D eigenvalue weighted by Crippen LogP contribution is 1.97. The van der Waals surface area contributed by atoms with Gasteiger partial charge in [-0.3, -0.25) is 4.79 Å². The Morgan fingerprint density at radius 3 is 3.25 bits per heavy atom. The van der Waals surface area contributed by atoms with Gasteiger partial charge in [-0.15, -0.1) is 11.3 Å². The summed E-state index contributed by atoms with van der Waals surface area (Å²) < 4.78 is 0. The standard InChI is InChI=1S/C8H8N2OS/c1-7(11)9-4-2-3-8-5-12-6-10-8/h5-6H,4H2,1H3,(H,9,11). The molecule has 1 rings (SSSR count). The van der Waals surface area contributed by atoms with Crippen LogP contribution in [0, 0.1) is 11.8 Å². The van der Waals surface area contributed by atoms with Gasteiger partial charge >= 0.3 is 0 Å². The number of hydrogen-bond acceptors (Lipinski definition) is 3. The molecule has 1 heterocycles. The molecule has 0 aromatic carbocycles. The first-order valence-electron chi connectivity index (χ1n) is 3.40. The lowest BCUT2D eigenvalue weighted by Crippen LogP contribution is -2.19. The SMILES string of the molecule is CC(=O)NCC#Cc1cscn1. The number of nitrogens with one attached hydrogen (secondary N) is 1. The van der Waals surface area contributed by atoms with E-state index >= 15 is 0 Å². The van der Waals surface area contributed by atoms with Crippen molar-refractivity contribution in [2.24, 2.45) is 0 Å². The van der Waals surface area contributed by atoms with Crippen LogP contribution in [0.2, 0.25) is 0 Å². The summed E-state index contributed by atoms with van der Waals surface area (Å²) in [6, 6.07) is 0. The Balaban J connectivity index is 2.35. The topological polar surface area (TPSA) is 42.0 Å². The maximum absolute atomic E-state index is 10.4. The van der Waals surface area contributed by atoms with Gasteiger partial charge < -0.3 is 5.32 Å². The van der Waals surface area contributed by atoms with Gasteiger partial charge in [0, 0.05) is 12.3 Å². The summed E-state index contributed by atoms with van der Waals surface area (Å²) in [6.45, 7) is 1.84. The minimum absolute atomic E-state index is 0.0671. The minimum atomic E-state index is -0.0671. The number of nitrogens with zero attached hydrogens (tertiary/aromatic N) is 1. The van der Waals surface area contributed by atoms with Crippen molar-refractivity contribution in [3.05, 3.63) is 16.6 Å². The monoisotopic (exact) mass is 180 g/mol. The average Bonchev–Trinajstić information content (AvgIpc) is 2.49. The molecule has 0 atom stereocenters. The summed E-state index contributed by atoms with van der Waals surface area (Å²) in [6.07, 6.45) is 0. The van der Waals surface area contributed by atoms with Crippen molar-refractivity contribution in [2.45, 2.75) is 6.92 Å². The van der Waals surface area contributed by atoms with E-state index in [0.717, 1.165) is 5.69 Å². The number of rotatable bonds is 1. The zero-order chi connectivity index (χ0) is 8.81. The smallest absolute Gasteiger partial charge is 0.217 e. The summed E-state index contributed by atoms with van der Waals surface area (Å²) in [7, 11) is 0. The summed E-state index contributed by atoms with van der Waals surface area (Å²) in [5.41, 5.74) is 2.48. The van der Waals surface area contributed by atoms with Crippen molar-refractivity contribution in [1.82, 2.24) is 10.3 Å². The van der Waals surface area contributed by atoms with E-state index in [4.69, 9.17) is 0 Å². The summed E-state index contributed by atoms with van der Waals surface area (Å²) >= 11 is 1.50. The van der Waals surface area contributed by atoms with Crippen molar-refractivity contribution in [3.63, 3.8) is 0 Å². The molecular weight excluding hydrogens is 172 g/mol. The molecule has 1 aromatic heterocycles. The molecule has 0 fully saturated rings. The first-order valence-corrected chi connectivity index (χ1v) is 4.35. The van der Waals surface area contributed by atoms with Crippen molar-refractivity contribution in [3.8, 4) is 11.8 Å². The second-order valence-electron chi connectivity index (χ2n) is 2.09. The van der Waals surface area contributed by atoms with E-state index in [1.807, 2.05) is 5.38 Å². The highest BCUT2D eigenvalue weighted by atomic mass is 32.1. The lowest BCUT2D eigenvalue weighted by Gasteiger charge is -1.89. The van der Waals surface area contributed by atoms with Gasteiger partial charge in [-0.05, 0) is 5.92 Å². The molecule has 0 spiro atoms. The highest BCUT2D eigenvalue weighted by Gasteiger charge is 1.86. The third-order valence-corrected chi connectivity index (χ3v) is 1.66. The Hall–Kier alpha value is -1.34. The second kappa shape index (κ2) is 4.52. The summed E-state index contributed by atoms with van der Waals surface area (Å²) in [5, 5.41) is 4.43. The third-order valence-electron chi connectivity index (χ3n) is 1.07. The highest BCUT2D eigenvalue weighted by molar-refractivity contribution is 7.07. The molecule has 1 amide bonds. The second-order valence-corrected chi connectivity index (χ2v) is 2.80. The molecule has 1 aromatic rings. The van der Waals surface area contributed by atoms with Gasteiger partial charge in [-0.25, -0.2) is 4.98 Å². The van der Waals surface area contributed by atoms with Crippen molar-refractivity contribution in [2.75, 3.05) is 6.54 Å². The molecule has 4 heteroatoms. The average molecular weight is 180 g/mol. The maximum Gasteiger partial charge on any atom is 0.217 e. The van der Waals surface area contributed by atoms with Crippen LogP contribution < -0.4 is 5.32 Å². The van der Waals surface area contributed by atoms with Crippen LogP contribution in [-0.2, 0) is 4.79 Å². The normalized spacial score (nSPS) is 8.42. The number of carbonyl (C=O) groups excluding carboxylic acids is 1.